The molecule has 2 amide bonds. The SMILES string of the molecule is CO/N=C(\C(=O)NC1C(=O)N2C(C(=O)OC(c3ccccc3)c3ccccc3)=C(/C=C/Sc3n[nH]c(=O)c(=O)n3CCOC(C)=O)CSC12)c1csc(NC(c2ccccc2)(c2ccccc2)c2ccccc2)n1. The van der Waals surface area contributed by atoms with Gasteiger partial charge in [0.15, 0.2) is 22.1 Å². The highest BCUT2D eigenvalue weighted by atomic mass is 32.2. The Morgan fingerprint density at radius 2 is 1.42 bits per heavy atom. The fourth-order valence-corrected chi connectivity index (χ4v) is 11.4. The van der Waals surface area contributed by atoms with Gasteiger partial charge < -0.3 is 24.9 Å². The molecule has 9 rings (SSSR count). The minimum absolute atomic E-state index is 0.0561. The second kappa shape index (κ2) is 23.0. The van der Waals surface area contributed by atoms with E-state index in [-0.39, 0.29) is 41.2 Å². The Morgan fingerprint density at radius 3 is 1.97 bits per heavy atom. The summed E-state index contributed by atoms with van der Waals surface area (Å²) in [7, 11) is 1.31. The summed E-state index contributed by atoms with van der Waals surface area (Å²) in [6.07, 6.45) is 0.730. The van der Waals surface area contributed by atoms with Crippen molar-refractivity contribution in [1.29, 1.82) is 0 Å². The minimum atomic E-state index is -1.11. The Hall–Kier alpha value is -8.33. The fraction of sp³-hybridized carbons (Fsp3) is 0.167. The molecule has 0 saturated carbocycles. The van der Waals surface area contributed by atoms with Gasteiger partial charge in [0.2, 0.25) is 0 Å². The van der Waals surface area contributed by atoms with Gasteiger partial charge in [-0.25, -0.2) is 14.9 Å². The lowest BCUT2D eigenvalue weighted by molar-refractivity contribution is -0.154. The van der Waals surface area contributed by atoms with Gasteiger partial charge in [-0.2, -0.15) is 0 Å². The number of anilines is 1. The van der Waals surface area contributed by atoms with E-state index in [1.165, 1.54) is 42.0 Å². The van der Waals surface area contributed by atoms with E-state index in [0.29, 0.717) is 21.8 Å². The van der Waals surface area contributed by atoms with Gasteiger partial charge in [0.1, 0.15) is 42.1 Å². The van der Waals surface area contributed by atoms with E-state index in [9.17, 15) is 28.8 Å². The molecule has 2 atom stereocenters. The quantitative estimate of drug-likeness (QED) is 0.0142. The first-order chi connectivity index (χ1) is 36.1. The van der Waals surface area contributed by atoms with E-state index in [2.05, 4.69) is 26.0 Å². The Labute approximate surface area is 436 Å². The number of hydrogen-bond donors (Lipinski definition) is 3. The largest absolute Gasteiger partial charge is 0.464 e. The van der Waals surface area contributed by atoms with Crippen LogP contribution in [-0.4, -0.2) is 85.0 Å². The molecule has 1 saturated heterocycles. The molecule has 1 fully saturated rings. The highest BCUT2D eigenvalue weighted by Crippen LogP contribution is 2.43. The number of β-lactam (4-membered cyclic amide) rings is 1. The second-order valence-electron chi connectivity index (χ2n) is 16.5. The minimum Gasteiger partial charge on any atom is -0.464 e. The van der Waals surface area contributed by atoms with Gasteiger partial charge >= 0.3 is 23.1 Å². The lowest BCUT2D eigenvalue weighted by atomic mass is 9.77. The monoisotopic (exact) mass is 1050 g/mol. The number of nitrogens with one attached hydrogen (secondary N) is 3. The third kappa shape index (κ3) is 10.7. The number of amides is 2. The zero-order chi connectivity index (χ0) is 51.6. The van der Waals surface area contributed by atoms with Crippen molar-refractivity contribution in [2.75, 3.05) is 24.8 Å². The van der Waals surface area contributed by atoms with Crippen molar-refractivity contribution in [2.45, 2.75) is 41.7 Å². The molecule has 2 unspecified atom stereocenters. The highest BCUT2D eigenvalue weighted by Gasteiger charge is 2.55. The van der Waals surface area contributed by atoms with E-state index in [1.54, 1.807) is 16.9 Å². The zero-order valence-electron chi connectivity index (χ0n) is 39.7. The predicted octanol–water partition coefficient (Wildman–Crippen LogP) is 7.00. The number of nitrogens with zero attached hydrogens (tertiary/aromatic N) is 5. The number of carbonyl (C=O) groups excluding carboxylic acids is 4. The van der Waals surface area contributed by atoms with E-state index >= 15 is 0 Å². The van der Waals surface area contributed by atoms with Crippen molar-refractivity contribution in [1.82, 2.24) is 30.0 Å². The maximum Gasteiger partial charge on any atom is 0.356 e. The first kappa shape index (κ1) is 50.6. The van der Waals surface area contributed by atoms with E-state index in [1.807, 2.05) is 152 Å². The van der Waals surface area contributed by atoms with Gasteiger partial charge in [0.05, 0.1) is 6.54 Å². The predicted molar refractivity (Wildman–Crippen MR) is 282 cm³/mol. The summed E-state index contributed by atoms with van der Waals surface area (Å²) in [4.78, 5) is 91.4. The third-order valence-electron chi connectivity index (χ3n) is 12.0. The van der Waals surface area contributed by atoms with Gasteiger partial charge in [0.25, 0.3) is 11.8 Å². The molecular formula is C54H46N8O9S3. The van der Waals surface area contributed by atoms with Crippen molar-refractivity contribution >= 4 is 69.5 Å². The van der Waals surface area contributed by atoms with Gasteiger partial charge in [-0.05, 0) is 44.9 Å². The molecule has 2 aliphatic rings. The number of benzene rings is 5. The number of thiazole rings is 1. The molecule has 20 heteroatoms. The number of ether oxygens (including phenoxy) is 2. The van der Waals surface area contributed by atoms with Crippen molar-refractivity contribution < 1.29 is 33.5 Å². The molecule has 0 radical (unpaired) electrons. The molecule has 374 valence electrons. The second-order valence-corrected chi connectivity index (χ2v) is 19.4. The maximum atomic E-state index is 14.7. The topological polar surface area (TPSA) is 216 Å². The molecule has 2 aliphatic heterocycles. The number of oxime groups is 1. The van der Waals surface area contributed by atoms with Gasteiger partial charge in [-0.3, -0.25) is 33.4 Å². The van der Waals surface area contributed by atoms with Crippen molar-refractivity contribution in [2.24, 2.45) is 5.16 Å². The number of H-pyrrole nitrogens is 1. The summed E-state index contributed by atoms with van der Waals surface area (Å²) in [5.74, 6) is -2.52. The van der Waals surface area contributed by atoms with Gasteiger partial charge in [-0.1, -0.05) is 169 Å². The summed E-state index contributed by atoms with van der Waals surface area (Å²) in [5.41, 5.74) is 1.79. The lowest BCUT2D eigenvalue weighted by Crippen LogP contribution is -2.71. The molecular weight excluding hydrogens is 1000 g/mol. The molecule has 0 spiro atoms. The number of carbonyl (C=O) groups is 4. The van der Waals surface area contributed by atoms with Crippen LogP contribution in [0, 0.1) is 0 Å². The number of esters is 2. The van der Waals surface area contributed by atoms with Crippen LogP contribution in [0.5, 0.6) is 0 Å². The van der Waals surface area contributed by atoms with Crippen molar-refractivity contribution in [3.05, 3.63) is 234 Å². The summed E-state index contributed by atoms with van der Waals surface area (Å²) in [6, 6.07) is 47.2. The Morgan fingerprint density at radius 1 is 0.851 bits per heavy atom. The zero-order valence-corrected chi connectivity index (χ0v) is 42.1. The number of aromatic amines is 1. The van der Waals surface area contributed by atoms with Crippen LogP contribution >= 0.6 is 34.9 Å². The van der Waals surface area contributed by atoms with Crippen LogP contribution < -0.4 is 21.8 Å². The third-order valence-corrected chi connectivity index (χ3v) is 14.8. The van der Waals surface area contributed by atoms with E-state index in [4.69, 9.17) is 19.3 Å². The van der Waals surface area contributed by atoms with Crippen LogP contribution in [0.4, 0.5) is 5.13 Å². The highest BCUT2D eigenvalue weighted by molar-refractivity contribution is 8.02. The van der Waals surface area contributed by atoms with Crippen LogP contribution in [0.25, 0.3) is 0 Å². The normalized spacial score (nSPS) is 15.6. The molecule has 74 heavy (non-hydrogen) atoms. The number of allylic oxidation sites excluding steroid dienone is 1. The summed E-state index contributed by atoms with van der Waals surface area (Å²) < 4.78 is 12.4. The van der Waals surface area contributed by atoms with Gasteiger partial charge in [0, 0.05) is 18.1 Å². The number of hydrogen-bond acceptors (Lipinski definition) is 16. The average molecular weight is 1050 g/mol. The lowest BCUT2D eigenvalue weighted by Gasteiger charge is -2.49. The number of fused-ring (bicyclic) bond motifs is 1. The van der Waals surface area contributed by atoms with Crippen LogP contribution in [0.15, 0.2) is 200 Å². The Kier molecular flexibility index (Phi) is 15.8. The molecule has 17 nitrogen and oxygen atoms in total. The molecule has 2 aromatic heterocycles. The van der Waals surface area contributed by atoms with Crippen molar-refractivity contribution in [3.8, 4) is 0 Å². The number of aromatic nitrogens is 4. The molecule has 7 aromatic rings. The van der Waals surface area contributed by atoms with Crippen LogP contribution in [0.2, 0.25) is 0 Å². The van der Waals surface area contributed by atoms with Gasteiger partial charge in [-0.15, -0.1) is 28.2 Å². The molecule has 3 N–H and O–H groups in total. The smallest absolute Gasteiger partial charge is 0.356 e. The Balaban J connectivity index is 1.000. The Bertz CT molecular complexity index is 3240. The molecule has 0 bridgehead atoms. The number of rotatable bonds is 19. The van der Waals surface area contributed by atoms with Crippen LogP contribution in [0.3, 0.4) is 0 Å². The van der Waals surface area contributed by atoms with Crippen molar-refractivity contribution in [3.63, 3.8) is 0 Å². The summed E-state index contributed by atoms with van der Waals surface area (Å²) in [5, 5.41) is 19.9. The molecule has 0 aliphatic carbocycles. The summed E-state index contributed by atoms with van der Waals surface area (Å²) in [6.45, 7) is 0.892. The van der Waals surface area contributed by atoms with E-state index < -0.39 is 57.9 Å². The standard InChI is InChI=1S/C54H46N8O9S3/c1-34(63)70-30-29-61-49(67)47(65)58-59-53(61)72-31-28-37-32-73-50-43(48(66)62(50)44(37)51(68)71-45(35-18-8-3-9-19-35)36-20-10-4-11-21-36)56-46(64)42(60-69-2)41-33-74-52(55-41)57-54(38-22-12-5-13-23-38,39-24-14-6-15-25-39)40-26-16-7-17-27-40/h3-28,31,33,43,45,50H,29-30,32H2,1-2H3,(H,55,57)(H,56,64)(H,58,65)/b31-28+,60-42-. The fourth-order valence-electron chi connectivity index (χ4n) is 8.55. The first-order valence-electron chi connectivity index (χ1n) is 23.0. The maximum absolute atomic E-state index is 14.7. The van der Waals surface area contributed by atoms with Crippen LogP contribution in [-0.2, 0) is 45.6 Å². The number of thioether (sulfide) groups is 2. The molecule has 5 aromatic carbocycles. The average Bonchev–Trinajstić information content (AvgIpc) is 3.91. The first-order valence-corrected chi connectivity index (χ1v) is 25.9. The summed E-state index contributed by atoms with van der Waals surface area (Å²) >= 11 is 3.52. The van der Waals surface area contributed by atoms with E-state index in [0.717, 1.165) is 33.0 Å². The van der Waals surface area contributed by atoms with Crippen LogP contribution in [0.1, 0.15) is 46.5 Å². The molecule has 4 heterocycles.